The maximum atomic E-state index is 13.4. The second-order valence-electron chi connectivity index (χ2n) is 7.52. The molecule has 2 heterocycles. The van der Waals surface area contributed by atoms with E-state index in [0.29, 0.717) is 44.2 Å². The van der Waals surface area contributed by atoms with E-state index in [1.165, 1.54) is 16.8 Å². The van der Waals surface area contributed by atoms with E-state index in [9.17, 15) is 14.0 Å². The van der Waals surface area contributed by atoms with E-state index in [1.54, 1.807) is 35.1 Å². The molecule has 8 nitrogen and oxygen atoms in total. The van der Waals surface area contributed by atoms with Crippen molar-refractivity contribution in [2.45, 2.75) is 13.5 Å². The molecule has 0 radical (unpaired) electrons. The monoisotopic (exact) mass is 452 g/mol. The van der Waals surface area contributed by atoms with Gasteiger partial charge < -0.3 is 19.3 Å². The summed E-state index contributed by atoms with van der Waals surface area (Å²) in [5.74, 6) is -0.314. The van der Waals surface area contributed by atoms with Crippen LogP contribution in [-0.2, 0) is 11.3 Å². The minimum absolute atomic E-state index is 0.167. The van der Waals surface area contributed by atoms with Gasteiger partial charge in [-0.3, -0.25) is 4.79 Å². The van der Waals surface area contributed by atoms with Crippen molar-refractivity contribution in [1.82, 2.24) is 19.6 Å². The zero-order valence-electron chi connectivity index (χ0n) is 18.3. The zero-order chi connectivity index (χ0) is 23.2. The highest BCUT2D eigenvalue weighted by molar-refractivity contribution is 5.95. The van der Waals surface area contributed by atoms with E-state index >= 15 is 0 Å². The first-order chi connectivity index (χ1) is 16.0. The maximum Gasteiger partial charge on any atom is 0.409 e. The third-order valence-electron chi connectivity index (χ3n) is 5.30. The van der Waals surface area contributed by atoms with Gasteiger partial charge in [-0.05, 0) is 36.8 Å². The van der Waals surface area contributed by atoms with E-state index < -0.39 is 0 Å². The van der Waals surface area contributed by atoms with E-state index in [2.05, 4.69) is 5.10 Å². The Balaban J connectivity index is 1.54. The molecule has 0 atom stereocenters. The van der Waals surface area contributed by atoms with Crippen LogP contribution in [0.1, 0.15) is 23.0 Å². The highest BCUT2D eigenvalue weighted by atomic mass is 19.1. The average molecular weight is 452 g/mol. The summed E-state index contributed by atoms with van der Waals surface area (Å²) in [6, 6.07) is 15.4. The molecule has 0 unspecified atom stereocenters. The molecule has 1 aliphatic rings. The summed E-state index contributed by atoms with van der Waals surface area (Å²) < 4.78 is 25.9. The van der Waals surface area contributed by atoms with Gasteiger partial charge in [-0.2, -0.15) is 5.10 Å². The normalized spacial score (nSPS) is 13.6. The van der Waals surface area contributed by atoms with Crippen LogP contribution in [0.2, 0.25) is 0 Å². The van der Waals surface area contributed by atoms with E-state index in [0.717, 1.165) is 5.56 Å². The van der Waals surface area contributed by atoms with Gasteiger partial charge in [0.2, 0.25) is 0 Å². The summed E-state index contributed by atoms with van der Waals surface area (Å²) in [6.07, 6.45) is 1.25. The molecule has 2 amide bonds. The third kappa shape index (κ3) is 5.31. The first kappa shape index (κ1) is 22.3. The molecule has 1 aromatic heterocycles. The minimum Gasteiger partial charge on any atom is -0.485 e. The molecular formula is C24H25FN4O4. The number of carbonyl (C=O) groups is 2. The standard InChI is InChI=1S/C24H25FN4O4/c1-2-32-24(31)28-14-12-27(13-15-28)23(30)22-21(33-17-18-6-4-3-5-7-18)16-29(26-22)20-10-8-19(25)9-11-20/h3-11,16H,2,12-15,17H2,1H3. The number of amides is 2. The lowest BCUT2D eigenvalue weighted by molar-refractivity contribution is 0.0562. The smallest absolute Gasteiger partial charge is 0.409 e. The maximum absolute atomic E-state index is 13.4. The van der Waals surface area contributed by atoms with Gasteiger partial charge in [0.25, 0.3) is 5.91 Å². The Bertz CT molecular complexity index is 1090. The highest BCUT2D eigenvalue weighted by Gasteiger charge is 2.29. The summed E-state index contributed by atoms with van der Waals surface area (Å²) >= 11 is 0. The van der Waals surface area contributed by atoms with Crippen LogP contribution in [0.5, 0.6) is 5.75 Å². The van der Waals surface area contributed by atoms with Gasteiger partial charge >= 0.3 is 6.09 Å². The Morgan fingerprint density at radius 1 is 0.970 bits per heavy atom. The molecule has 4 rings (SSSR count). The van der Waals surface area contributed by atoms with Crippen LogP contribution >= 0.6 is 0 Å². The van der Waals surface area contributed by atoms with Gasteiger partial charge in [0.15, 0.2) is 11.4 Å². The van der Waals surface area contributed by atoms with Crippen molar-refractivity contribution in [3.05, 3.63) is 77.9 Å². The van der Waals surface area contributed by atoms with Crippen LogP contribution in [0.25, 0.3) is 5.69 Å². The quantitative estimate of drug-likeness (QED) is 0.572. The topological polar surface area (TPSA) is 76.9 Å². The Morgan fingerprint density at radius 2 is 1.64 bits per heavy atom. The van der Waals surface area contributed by atoms with Crippen molar-refractivity contribution in [3.63, 3.8) is 0 Å². The van der Waals surface area contributed by atoms with E-state index in [4.69, 9.17) is 9.47 Å². The van der Waals surface area contributed by atoms with Gasteiger partial charge in [0, 0.05) is 26.2 Å². The zero-order valence-corrected chi connectivity index (χ0v) is 18.3. The molecule has 9 heteroatoms. The number of hydrogen-bond donors (Lipinski definition) is 0. The van der Waals surface area contributed by atoms with E-state index in [1.807, 2.05) is 30.3 Å². The molecule has 172 valence electrons. The molecule has 0 N–H and O–H groups in total. The summed E-state index contributed by atoms with van der Waals surface area (Å²) in [4.78, 5) is 28.5. The largest absolute Gasteiger partial charge is 0.485 e. The number of halogens is 1. The van der Waals surface area contributed by atoms with Crippen molar-refractivity contribution in [1.29, 1.82) is 0 Å². The SMILES string of the molecule is CCOC(=O)N1CCN(C(=O)c2nn(-c3ccc(F)cc3)cc2OCc2ccccc2)CC1. The number of aromatic nitrogens is 2. The molecule has 3 aromatic rings. The third-order valence-corrected chi connectivity index (χ3v) is 5.30. The van der Waals surface area contributed by atoms with Crippen LogP contribution in [0.4, 0.5) is 9.18 Å². The Labute approximate surface area is 191 Å². The number of ether oxygens (including phenoxy) is 2. The molecule has 0 spiro atoms. The Kier molecular flexibility index (Phi) is 6.87. The predicted molar refractivity (Wildman–Crippen MR) is 119 cm³/mol. The molecule has 0 bridgehead atoms. The fraction of sp³-hybridized carbons (Fsp3) is 0.292. The number of carbonyl (C=O) groups excluding carboxylic acids is 2. The number of nitrogens with zero attached hydrogens (tertiary/aromatic N) is 4. The van der Waals surface area contributed by atoms with Gasteiger partial charge in [-0.25, -0.2) is 13.9 Å². The number of piperazine rings is 1. The lowest BCUT2D eigenvalue weighted by Gasteiger charge is -2.33. The van der Waals surface area contributed by atoms with Crippen LogP contribution in [0.3, 0.4) is 0 Å². The first-order valence-corrected chi connectivity index (χ1v) is 10.8. The number of rotatable bonds is 6. The average Bonchev–Trinajstić information content (AvgIpc) is 3.28. The van der Waals surface area contributed by atoms with Crippen molar-refractivity contribution >= 4 is 12.0 Å². The van der Waals surface area contributed by atoms with Crippen LogP contribution in [0, 0.1) is 5.82 Å². The van der Waals surface area contributed by atoms with Crippen molar-refractivity contribution < 1.29 is 23.5 Å². The second-order valence-corrected chi connectivity index (χ2v) is 7.52. The van der Waals surface area contributed by atoms with Gasteiger partial charge in [-0.15, -0.1) is 0 Å². The highest BCUT2D eigenvalue weighted by Crippen LogP contribution is 2.23. The Hall–Kier alpha value is -3.88. The molecule has 2 aromatic carbocycles. The molecular weight excluding hydrogens is 427 g/mol. The van der Waals surface area contributed by atoms with Gasteiger partial charge in [0.1, 0.15) is 12.4 Å². The number of hydrogen-bond acceptors (Lipinski definition) is 5. The van der Waals surface area contributed by atoms with Gasteiger partial charge in [-0.1, -0.05) is 30.3 Å². The Morgan fingerprint density at radius 3 is 2.30 bits per heavy atom. The van der Waals surface area contributed by atoms with Crippen LogP contribution in [-0.4, -0.2) is 64.4 Å². The van der Waals surface area contributed by atoms with Crippen LogP contribution in [0.15, 0.2) is 60.8 Å². The molecule has 1 aliphatic heterocycles. The molecule has 0 aliphatic carbocycles. The summed E-state index contributed by atoms with van der Waals surface area (Å²) in [5.41, 5.74) is 1.72. The fourth-order valence-electron chi connectivity index (χ4n) is 3.53. The minimum atomic E-state index is -0.378. The van der Waals surface area contributed by atoms with Crippen molar-refractivity contribution in [3.8, 4) is 11.4 Å². The van der Waals surface area contributed by atoms with Gasteiger partial charge in [0.05, 0.1) is 18.5 Å². The summed E-state index contributed by atoms with van der Waals surface area (Å²) in [7, 11) is 0. The molecule has 0 saturated carbocycles. The van der Waals surface area contributed by atoms with Crippen molar-refractivity contribution in [2.24, 2.45) is 0 Å². The second kappa shape index (κ2) is 10.2. The van der Waals surface area contributed by atoms with E-state index in [-0.39, 0.29) is 30.1 Å². The molecule has 1 saturated heterocycles. The summed E-state index contributed by atoms with van der Waals surface area (Å²) in [5, 5.41) is 4.45. The predicted octanol–water partition coefficient (Wildman–Crippen LogP) is 3.50. The van der Waals surface area contributed by atoms with Crippen LogP contribution < -0.4 is 4.74 Å². The summed E-state index contributed by atoms with van der Waals surface area (Å²) in [6.45, 7) is 3.81. The first-order valence-electron chi connectivity index (χ1n) is 10.8. The lowest BCUT2D eigenvalue weighted by atomic mass is 10.2. The fourth-order valence-corrected chi connectivity index (χ4v) is 3.53. The van der Waals surface area contributed by atoms with Crippen molar-refractivity contribution in [2.75, 3.05) is 32.8 Å². The molecule has 1 fully saturated rings. The lowest BCUT2D eigenvalue weighted by Crippen LogP contribution is -2.50. The number of benzene rings is 2. The molecule has 33 heavy (non-hydrogen) atoms.